The number of H-pyrrole nitrogens is 1. The summed E-state index contributed by atoms with van der Waals surface area (Å²) in [7, 11) is 0. The molecule has 3 heterocycles. The number of amides is 2. The molecule has 0 radical (unpaired) electrons. The van der Waals surface area contributed by atoms with E-state index in [2.05, 4.69) is 25.8 Å². The van der Waals surface area contributed by atoms with Gasteiger partial charge in [-0.3, -0.25) is 10.4 Å². The number of hydrogen-bond donors (Lipinski definition) is 3. The second kappa shape index (κ2) is 6.72. The van der Waals surface area contributed by atoms with Gasteiger partial charge in [-0.2, -0.15) is 5.10 Å². The Bertz CT molecular complexity index is 1020. The van der Waals surface area contributed by atoms with Gasteiger partial charge in [0, 0.05) is 24.7 Å². The van der Waals surface area contributed by atoms with Crippen molar-refractivity contribution in [2.24, 2.45) is 0 Å². The number of fused-ring (bicyclic) bond motifs is 1. The van der Waals surface area contributed by atoms with E-state index in [1.54, 1.807) is 12.3 Å². The predicted octanol–water partition coefficient (Wildman–Crippen LogP) is 3.63. The number of carbonyl (C=O) groups is 1. The summed E-state index contributed by atoms with van der Waals surface area (Å²) in [6, 6.07) is 15.0. The van der Waals surface area contributed by atoms with Crippen molar-refractivity contribution in [3.05, 3.63) is 72.7 Å². The highest BCUT2D eigenvalue weighted by atomic mass is 16.2. The van der Waals surface area contributed by atoms with E-state index in [0.29, 0.717) is 5.82 Å². The molecule has 4 rings (SSSR count). The third-order valence-electron chi connectivity index (χ3n) is 4.16. The SMILES string of the molecule is C[C@@H](NC(=O)Nc1cc2[nH]nc(-n3cccc3)c2cn1)c1ccccc1. The lowest BCUT2D eigenvalue weighted by Gasteiger charge is -2.14. The summed E-state index contributed by atoms with van der Waals surface area (Å²) in [5.41, 5.74) is 1.84. The lowest BCUT2D eigenvalue weighted by molar-refractivity contribution is 0.249. The van der Waals surface area contributed by atoms with Crippen molar-refractivity contribution in [1.82, 2.24) is 25.1 Å². The third kappa shape index (κ3) is 3.14. The summed E-state index contributed by atoms with van der Waals surface area (Å²) in [4.78, 5) is 16.6. The number of carbonyl (C=O) groups excluding carboxylic acids is 1. The summed E-state index contributed by atoms with van der Waals surface area (Å²) < 4.78 is 1.90. The molecule has 0 saturated carbocycles. The average Bonchev–Trinajstić information content (AvgIpc) is 3.31. The first kappa shape index (κ1) is 15.9. The van der Waals surface area contributed by atoms with Crippen LogP contribution in [0.3, 0.4) is 0 Å². The van der Waals surface area contributed by atoms with Gasteiger partial charge in [0.25, 0.3) is 0 Å². The molecule has 7 heteroatoms. The van der Waals surface area contributed by atoms with Crippen LogP contribution >= 0.6 is 0 Å². The van der Waals surface area contributed by atoms with Crippen LogP contribution in [0.4, 0.5) is 10.6 Å². The van der Waals surface area contributed by atoms with E-state index in [1.807, 2.05) is 66.3 Å². The fraction of sp³-hybridized carbons (Fsp3) is 0.105. The minimum Gasteiger partial charge on any atom is -0.331 e. The maximum absolute atomic E-state index is 12.2. The number of nitrogens with zero attached hydrogens (tertiary/aromatic N) is 3. The van der Waals surface area contributed by atoms with Crippen LogP contribution in [0.2, 0.25) is 0 Å². The van der Waals surface area contributed by atoms with Gasteiger partial charge in [-0.25, -0.2) is 9.78 Å². The summed E-state index contributed by atoms with van der Waals surface area (Å²) in [6.45, 7) is 1.93. The standard InChI is InChI=1S/C19H18N6O/c1-13(14-7-3-2-4-8-14)21-19(26)22-17-11-16-15(12-20-17)18(24-23-16)25-9-5-6-10-25/h2-13H,1H3,(H,23,24)(H2,20,21,22,26)/t13-/m1/s1. The van der Waals surface area contributed by atoms with E-state index in [0.717, 1.165) is 22.3 Å². The molecule has 0 fully saturated rings. The highest BCUT2D eigenvalue weighted by molar-refractivity contribution is 5.92. The smallest absolute Gasteiger partial charge is 0.320 e. The van der Waals surface area contributed by atoms with E-state index < -0.39 is 0 Å². The normalized spacial score (nSPS) is 12.0. The van der Waals surface area contributed by atoms with Crippen molar-refractivity contribution in [3.8, 4) is 5.82 Å². The number of rotatable bonds is 4. The Morgan fingerprint density at radius 3 is 2.69 bits per heavy atom. The molecule has 0 unspecified atom stereocenters. The van der Waals surface area contributed by atoms with Gasteiger partial charge in [-0.1, -0.05) is 30.3 Å². The minimum absolute atomic E-state index is 0.104. The molecule has 0 spiro atoms. The number of pyridine rings is 1. The molecule has 1 aromatic carbocycles. The maximum Gasteiger partial charge on any atom is 0.320 e. The quantitative estimate of drug-likeness (QED) is 0.527. The van der Waals surface area contributed by atoms with Crippen molar-refractivity contribution < 1.29 is 4.79 Å². The molecule has 0 aliphatic heterocycles. The van der Waals surface area contributed by atoms with Crippen LogP contribution in [0, 0.1) is 0 Å². The van der Waals surface area contributed by atoms with Crippen LogP contribution in [0.1, 0.15) is 18.5 Å². The number of hydrogen-bond acceptors (Lipinski definition) is 3. The van der Waals surface area contributed by atoms with Gasteiger partial charge in [-0.15, -0.1) is 0 Å². The summed E-state index contributed by atoms with van der Waals surface area (Å²) in [5, 5.41) is 13.8. The summed E-state index contributed by atoms with van der Waals surface area (Å²) >= 11 is 0. The molecular formula is C19H18N6O. The van der Waals surface area contributed by atoms with Gasteiger partial charge >= 0.3 is 6.03 Å². The molecule has 1 atom stereocenters. The van der Waals surface area contributed by atoms with E-state index in [1.165, 1.54) is 0 Å². The Hall–Kier alpha value is -3.61. The van der Waals surface area contributed by atoms with Crippen molar-refractivity contribution in [3.63, 3.8) is 0 Å². The van der Waals surface area contributed by atoms with Crippen molar-refractivity contribution in [2.75, 3.05) is 5.32 Å². The van der Waals surface area contributed by atoms with Crippen LogP contribution < -0.4 is 10.6 Å². The summed E-state index contributed by atoms with van der Waals surface area (Å²) in [5.74, 6) is 1.23. The average molecular weight is 346 g/mol. The maximum atomic E-state index is 12.2. The molecule has 2 amide bonds. The zero-order chi connectivity index (χ0) is 17.9. The van der Waals surface area contributed by atoms with Crippen molar-refractivity contribution in [2.45, 2.75) is 13.0 Å². The topological polar surface area (TPSA) is 87.6 Å². The predicted molar refractivity (Wildman–Crippen MR) is 100 cm³/mol. The largest absolute Gasteiger partial charge is 0.331 e. The molecule has 0 aliphatic carbocycles. The molecule has 0 bridgehead atoms. The lowest BCUT2D eigenvalue weighted by atomic mass is 10.1. The minimum atomic E-state index is -0.307. The highest BCUT2D eigenvalue weighted by Gasteiger charge is 2.12. The molecule has 4 aromatic rings. The molecule has 3 N–H and O–H groups in total. The van der Waals surface area contributed by atoms with E-state index in [4.69, 9.17) is 0 Å². The number of benzene rings is 1. The monoisotopic (exact) mass is 346 g/mol. The van der Waals surface area contributed by atoms with Crippen LogP contribution in [0.15, 0.2) is 67.1 Å². The molecule has 0 saturated heterocycles. The number of urea groups is 1. The fourth-order valence-corrected chi connectivity index (χ4v) is 2.81. The Morgan fingerprint density at radius 1 is 1.15 bits per heavy atom. The zero-order valence-electron chi connectivity index (χ0n) is 14.2. The van der Waals surface area contributed by atoms with E-state index in [-0.39, 0.29) is 12.1 Å². The first-order valence-electron chi connectivity index (χ1n) is 8.30. The Balaban J connectivity index is 1.48. The molecule has 7 nitrogen and oxygen atoms in total. The molecule has 3 aromatic heterocycles. The first-order chi connectivity index (χ1) is 12.7. The number of anilines is 1. The molecule has 0 aliphatic rings. The van der Waals surface area contributed by atoms with E-state index in [9.17, 15) is 4.79 Å². The van der Waals surface area contributed by atoms with Gasteiger partial charge < -0.3 is 9.88 Å². The summed E-state index contributed by atoms with van der Waals surface area (Å²) in [6.07, 6.45) is 5.53. The van der Waals surface area contributed by atoms with Gasteiger partial charge in [0.1, 0.15) is 5.82 Å². The third-order valence-corrected chi connectivity index (χ3v) is 4.16. The van der Waals surface area contributed by atoms with Crippen molar-refractivity contribution >= 4 is 22.8 Å². The first-order valence-corrected chi connectivity index (χ1v) is 8.30. The number of aromatic amines is 1. The van der Waals surface area contributed by atoms with Crippen LogP contribution in [0.25, 0.3) is 16.7 Å². The Labute approximate surface area is 150 Å². The second-order valence-electron chi connectivity index (χ2n) is 5.98. The Morgan fingerprint density at radius 2 is 1.92 bits per heavy atom. The second-order valence-corrected chi connectivity index (χ2v) is 5.98. The molecule has 130 valence electrons. The lowest BCUT2D eigenvalue weighted by Crippen LogP contribution is -2.31. The zero-order valence-corrected chi connectivity index (χ0v) is 14.2. The molecular weight excluding hydrogens is 328 g/mol. The van der Waals surface area contributed by atoms with Gasteiger partial charge in [-0.05, 0) is 24.6 Å². The van der Waals surface area contributed by atoms with Gasteiger partial charge in [0.05, 0.1) is 16.9 Å². The number of aromatic nitrogens is 4. The fourth-order valence-electron chi connectivity index (χ4n) is 2.81. The van der Waals surface area contributed by atoms with Crippen molar-refractivity contribution in [1.29, 1.82) is 0 Å². The van der Waals surface area contributed by atoms with Crippen LogP contribution in [-0.2, 0) is 0 Å². The van der Waals surface area contributed by atoms with Crippen LogP contribution in [-0.4, -0.2) is 25.8 Å². The molecule has 26 heavy (non-hydrogen) atoms. The van der Waals surface area contributed by atoms with E-state index >= 15 is 0 Å². The Kier molecular flexibility index (Phi) is 4.10. The van der Waals surface area contributed by atoms with Crippen LogP contribution in [0.5, 0.6) is 0 Å². The highest BCUT2D eigenvalue weighted by Crippen LogP contribution is 2.21. The number of nitrogens with one attached hydrogen (secondary N) is 3. The van der Waals surface area contributed by atoms with Gasteiger partial charge in [0.2, 0.25) is 0 Å². The van der Waals surface area contributed by atoms with Gasteiger partial charge in [0.15, 0.2) is 5.82 Å².